The maximum absolute atomic E-state index is 12.2. The van der Waals surface area contributed by atoms with E-state index in [2.05, 4.69) is 5.32 Å². The molecule has 2 aromatic carbocycles. The van der Waals surface area contributed by atoms with Crippen LogP contribution in [0.25, 0.3) is 0 Å². The molecule has 0 aromatic heterocycles. The summed E-state index contributed by atoms with van der Waals surface area (Å²) in [4.78, 5) is 13.4. The van der Waals surface area contributed by atoms with Gasteiger partial charge in [0.25, 0.3) is 0 Å². The minimum absolute atomic E-state index is 0.260. The van der Waals surface area contributed by atoms with Gasteiger partial charge in [0.1, 0.15) is 12.3 Å². The number of benzene rings is 2. The number of ether oxygens (including phenoxy) is 1. The van der Waals surface area contributed by atoms with Gasteiger partial charge >= 0.3 is 0 Å². The Labute approximate surface area is 171 Å². The number of carbonyl (C=O) groups is 1. The Hall–Kier alpha value is -2.19. The standard InChI is InChI=1S/C20H26N2O4S2/c1-3-14-26-18-11-9-17(10-12-18)22(28(2,24)25)16-20(23)21-13-15-27-19-7-5-4-6-8-19/h4-12H,3,13-16H2,1-2H3,(H,21,23). The molecule has 152 valence electrons. The summed E-state index contributed by atoms with van der Waals surface area (Å²) >= 11 is 1.63. The van der Waals surface area contributed by atoms with Crippen LogP contribution in [0.2, 0.25) is 0 Å². The summed E-state index contributed by atoms with van der Waals surface area (Å²) in [6, 6.07) is 16.6. The second-order valence-electron chi connectivity index (χ2n) is 6.12. The van der Waals surface area contributed by atoms with E-state index in [0.29, 0.717) is 30.3 Å². The van der Waals surface area contributed by atoms with Crippen LogP contribution in [0, 0.1) is 0 Å². The van der Waals surface area contributed by atoms with Crippen LogP contribution in [0.1, 0.15) is 13.3 Å². The first-order valence-corrected chi connectivity index (χ1v) is 11.9. The van der Waals surface area contributed by atoms with Gasteiger partial charge in [-0.15, -0.1) is 11.8 Å². The Balaban J connectivity index is 1.90. The van der Waals surface area contributed by atoms with Crippen LogP contribution in [-0.2, 0) is 14.8 Å². The van der Waals surface area contributed by atoms with Gasteiger partial charge in [0, 0.05) is 17.2 Å². The van der Waals surface area contributed by atoms with Crippen molar-refractivity contribution >= 4 is 33.4 Å². The van der Waals surface area contributed by atoms with Crippen molar-refractivity contribution in [3.63, 3.8) is 0 Å². The highest BCUT2D eigenvalue weighted by Gasteiger charge is 2.20. The summed E-state index contributed by atoms with van der Waals surface area (Å²) < 4.78 is 30.9. The lowest BCUT2D eigenvalue weighted by atomic mass is 10.3. The molecule has 8 heteroatoms. The van der Waals surface area contributed by atoms with Crippen LogP contribution >= 0.6 is 11.8 Å². The van der Waals surface area contributed by atoms with Crippen LogP contribution in [0.5, 0.6) is 5.75 Å². The van der Waals surface area contributed by atoms with Gasteiger partial charge in [0.05, 0.1) is 18.6 Å². The third-order valence-corrected chi connectivity index (χ3v) is 5.88. The molecule has 0 radical (unpaired) electrons. The van der Waals surface area contributed by atoms with Gasteiger partial charge in [-0.1, -0.05) is 25.1 Å². The molecular weight excluding hydrogens is 396 g/mol. The molecule has 0 unspecified atom stereocenters. The number of rotatable bonds is 11. The van der Waals surface area contributed by atoms with Crippen molar-refractivity contribution in [1.82, 2.24) is 5.32 Å². The fraction of sp³-hybridized carbons (Fsp3) is 0.350. The molecule has 1 N–H and O–H groups in total. The zero-order valence-electron chi connectivity index (χ0n) is 16.1. The van der Waals surface area contributed by atoms with E-state index in [0.717, 1.165) is 21.9 Å². The van der Waals surface area contributed by atoms with E-state index in [1.165, 1.54) is 0 Å². The molecule has 0 heterocycles. The van der Waals surface area contributed by atoms with Gasteiger partial charge in [0.2, 0.25) is 15.9 Å². The fourth-order valence-corrected chi connectivity index (χ4v) is 4.04. The Morgan fingerprint density at radius 3 is 2.39 bits per heavy atom. The Morgan fingerprint density at radius 1 is 1.11 bits per heavy atom. The number of anilines is 1. The molecule has 0 spiro atoms. The second kappa shape index (κ2) is 11.0. The monoisotopic (exact) mass is 422 g/mol. The molecule has 0 aliphatic carbocycles. The maximum Gasteiger partial charge on any atom is 0.240 e. The molecule has 0 fully saturated rings. The van der Waals surface area contributed by atoms with Crippen molar-refractivity contribution in [1.29, 1.82) is 0 Å². The minimum Gasteiger partial charge on any atom is -0.494 e. The SMILES string of the molecule is CCCOc1ccc(N(CC(=O)NCCSc2ccccc2)S(C)(=O)=O)cc1. The van der Waals surface area contributed by atoms with E-state index >= 15 is 0 Å². The van der Waals surface area contributed by atoms with Crippen LogP contribution in [-0.4, -0.2) is 46.0 Å². The lowest BCUT2D eigenvalue weighted by Crippen LogP contribution is -2.41. The second-order valence-corrected chi connectivity index (χ2v) is 9.20. The van der Waals surface area contributed by atoms with Crippen molar-refractivity contribution in [3.8, 4) is 5.75 Å². The molecule has 0 bridgehead atoms. The number of nitrogens with one attached hydrogen (secondary N) is 1. The van der Waals surface area contributed by atoms with Crippen LogP contribution in [0.4, 0.5) is 5.69 Å². The number of amides is 1. The first-order valence-electron chi connectivity index (χ1n) is 9.05. The quantitative estimate of drug-likeness (QED) is 0.445. The first-order chi connectivity index (χ1) is 13.4. The molecule has 28 heavy (non-hydrogen) atoms. The topological polar surface area (TPSA) is 75.7 Å². The van der Waals surface area contributed by atoms with Gasteiger partial charge < -0.3 is 10.1 Å². The van der Waals surface area contributed by atoms with Gasteiger partial charge in [-0.2, -0.15) is 0 Å². The number of thioether (sulfide) groups is 1. The van der Waals surface area contributed by atoms with Crippen LogP contribution < -0.4 is 14.4 Å². The zero-order chi connectivity index (χ0) is 20.4. The van der Waals surface area contributed by atoms with Crippen molar-refractivity contribution < 1.29 is 17.9 Å². The third kappa shape index (κ3) is 7.44. The highest BCUT2D eigenvalue weighted by molar-refractivity contribution is 7.99. The number of sulfonamides is 1. The Kier molecular flexibility index (Phi) is 8.66. The molecule has 0 aliphatic heterocycles. The molecule has 0 saturated carbocycles. The van der Waals surface area contributed by atoms with Crippen molar-refractivity contribution in [2.24, 2.45) is 0 Å². The molecule has 2 aromatic rings. The highest BCUT2D eigenvalue weighted by atomic mass is 32.2. The van der Waals surface area contributed by atoms with Gasteiger partial charge in [-0.25, -0.2) is 8.42 Å². The van der Waals surface area contributed by atoms with E-state index in [9.17, 15) is 13.2 Å². The number of carbonyl (C=O) groups excluding carboxylic acids is 1. The van der Waals surface area contributed by atoms with Crippen LogP contribution in [0.3, 0.4) is 0 Å². The Bertz CT molecular complexity index is 840. The van der Waals surface area contributed by atoms with Gasteiger partial charge in [0.15, 0.2) is 0 Å². The lowest BCUT2D eigenvalue weighted by molar-refractivity contribution is -0.119. The summed E-state index contributed by atoms with van der Waals surface area (Å²) in [5.74, 6) is 1.03. The summed E-state index contributed by atoms with van der Waals surface area (Å²) in [7, 11) is -3.59. The molecular formula is C20H26N2O4S2. The minimum atomic E-state index is -3.59. The summed E-state index contributed by atoms with van der Waals surface area (Å²) in [5.41, 5.74) is 0.431. The van der Waals surface area contributed by atoms with E-state index < -0.39 is 10.0 Å². The molecule has 0 atom stereocenters. The molecule has 0 saturated heterocycles. The largest absolute Gasteiger partial charge is 0.494 e. The smallest absolute Gasteiger partial charge is 0.240 e. The normalized spacial score (nSPS) is 11.1. The van der Waals surface area contributed by atoms with E-state index in [4.69, 9.17) is 4.74 Å². The summed E-state index contributed by atoms with van der Waals surface area (Å²) in [5, 5.41) is 2.77. The molecule has 2 rings (SSSR count). The lowest BCUT2D eigenvalue weighted by Gasteiger charge is -2.22. The average Bonchev–Trinajstić information content (AvgIpc) is 2.68. The molecule has 6 nitrogen and oxygen atoms in total. The number of hydrogen-bond acceptors (Lipinski definition) is 5. The zero-order valence-corrected chi connectivity index (χ0v) is 17.8. The van der Waals surface area contributed by atoms with E-state index in [-0.39, 0.29) is 12.5 Å². The van der Waals surface area contributed by atoms with Crippen molar-refractivity contribution in [2.45, 2.75) is 18.2 Å². The molecule has 1 amide bonds. The van der Waals surface area contributed by atoms with E-state index in [1.807, 2.05) is 37.3 Å². The van der Waals surface area contributed by atoms with Crippen molar-refractivity contribution in [3.05, 3.63) is 54.6 Å². The summed E-state index contributed by atoms with van der Waals surface area (Å²) in [6.07, 6.45) is 1.98. The maximum atomic E-state index is 12.2. The predicted octanol–water partition coefficient (Wildman–Crippen LogP) is 3.15. The van der Waals surface area contributed by atoms with Crippen LogP contribution in [0.15, 0.2) is 59.5 Å². The fourth-order valence-electron chi connectivity index (χ4n) is 2.39. The summed E-state index contributed by atoms with van der Waals surface area (Å²) in [6.45, 7) is 2.80. The first kappa shape index (κ1) is 22.1. The number of hydrogen-bond donors (Lipinski definition) is 1. The average molecular weight is 423 g/mol. The Morgan fingerprint density at radius 2 is 1.79 bits per heavy atom. The highest BCUT2D eigenvalue weighted by Crippen LogP contribution is 2.21. The van der Waals surface area contributed by atoms with Gasteiger partial charge in [-0.05, 0) is 42.8 Å². The third-order valence-electron chi connectivity index (χ3n) is 3.72. The predicted molar refractivity (Wildman–Crippen MR) is 115 cm³/mol. The van der Waals surface area contributed by atoms with Crippen molar-refractivity contribution in [2.75, 3.05) is 36.0 Å². The van der Waals surface area contributed by atoms with Gasteiger partial charge in [-0.3, -0.25) is 9.10 Å². The van der Waals surface area contributed by atoms with E-state index in [1.54, 1.807) is 36.0 Å². The number of nitrogens with zero attached hydrogens (tertiary/aromatic N) is 1. The molecule has 0 aliphatic rings.